The zero-order valence-corrected chi connectivity index (χ0v) is 12.4. The lowest BCUT2D eigenvalue weighted by molar-refractivity contribution is -0.131. The monoisotopic (exact) mass is 260 g/mol. The highest BCUT2D eigenvalue weighted by Crippen LogP contribution is 2.60. The summed E-state index contributed by atoms with van der Waals surface area (Å²) in [5, 5.41) is 0. The van der Waals surface area contributed by atoms with Crippen molar-refractivity contribution in [3.05, 3.63) is 0 Å². The molecule has 1 nitrogen and oxygen atoms in total. The SMILES string of the molecule is C[C@]12CCC3CC4CCCC[C@H]4C[C@H]3C1CCC2=O. The molecule has 0 aromatic heterocycles. The fourth-order valence-electron chi connectivity index (χ4n) is 6.43. The molecule has 0 spiro atoms. The fraction of sp³-hybridized carbons (Fsp3) is 0.944. The van der Waals surface area contributed by atoms with Crippen molar-refractivity contribution in [2.75, 3.05) is 0 Å². The molecule has 0 aliphatic heterocycles. The van der Waals surface area contributed by atoms with E-state index in [1.807, 2.05) is 0 Å². The predicted molar refractivity (Wildman–Crippen MR) is 76.7 cm³/mol. The van der Waals surface area contributed by atoms with Gasteiger partial charge >= 0.3 is 0 Å². The number of ketones is 1. The summed E-state index contributed by atoms with van der Waals surface area (Å²) >= 11 is 0. The van der Waals surface area contributed by atoms with E-state index in [4.69, 9.17) is 0 Å². The van der Waals surface area contributed by atoms with Crippen LogP contribution in [0.1, 0.15) is 71.1 Å². The van der Waals surface area contributed by atoms with Crippen LogP contribution in [-0.2, 0) is 4.79 Å². The molecule has 6 atom stereocenters. The molecule has 4 aliphatic carbocycles. The Morgan fingerprint density at radius 2 is 1.68 bits per heavy atom. The molecule has 4 rings (SSSR count). The lowest BCUT2D eigenvalue weighted by Crippen LogP contribution is -2.46. The average molecular weight is 260 g/mol. The van der Waals surface area contributed by atoms with E-state index < -0.39 is 0 Å². The first-order valence-corrected chi connectivity index (χ1v) is 8.72. The van der Waals surface area contributed by atoms with Gasteiger partial charge in [0, 0.05) is 11.8 Å². The normalized spacial score (nSPS) is 53.3. The molecule has 4 saturated carbocycles. The molecule has 0 bridgehead atoms. The molecule has 106 valence electrons. The number of hydrogen-bond donors (Lipinski definition) is 0. The van der Waals surface area contributed by atoms with Gasteiger partial charge in [-0.25, -0.2) is 0 Å². The van der Waals surface area contributed by atoms with Gasteiger partial charge in [0.1, 0.15) is 5.78 Å². The van der Waals surface area contributed by atoms with Crippen LogP contribution >= 0.6 is 0 Å². The van der Waals surface area contributed by atoms with E-state index in [1.165, 1.54) is 57.8 Å². The summed E-state index contributed by atoms with van der Waals surface area (Å²) in [7, 11) is 0. The van der Waals surface area contributed by atoms with E-state index in [2.05, 4.69) is 6.92 Å². The third-order valence-corrected chi connectivity index (χ3v) is 7.54. The fourth-order valence-corrected chi connectivity index (χ4v) is 6.43. The zero-order chi connectivity index (χ0) is 13.0. The third kappa shape index (κ3) is 1.76. The van der Waals surface area contributed by atoms with Crippen molar-refractivity contribution in [2.24, 2.45) is 35.0 Å². The number of Topliss-reactive ketones (excluding diaryl/α,β-unsaturated/α-hetero) is 1. The van der Waals surface area contributed by atoms with Crippen LogP contribution in [0.25, 0.3) is 0 Å². The molecule has 4 fully saturated rings. The Kier molecular flexibility index (Phi) is 2.83. The van der Waals surface area contributed by atoms with Crippen LogP contribution in [0.2, 0.25) is 0 Å². The molecular weight excluding hydrogens is 232 g/mol. The third-order valence-electron chi connectivity index (χ3n) is 7.54. The molecule has 0 heterocycles. The average Bonchev–Trinajstić information content (AvgIpc) is 2.73. The summed E-state index contributed by atoms with van der Waals surface area (Å²) in [4.78, 5) is 12.3. The van der Waals surface area contributed by atoms with Crippen LogP contribution in [-0.4, -0.2) is 5.78 Å². The maximum atomic E-state index is 12.3. The lowest BCUT2D eigenvalue weighted by atomic mass is 9.52. The number of fused-ring (bicyclic) bond motifs is 4. The van der Waals surface area contributed by atoms with Gasteiger partial charge in [0.05, 0.1) is 0 Å². The van der Waals surface area contributed by atoms with Crippen LogP contribution in [0.5, 0.6) is 0 Å². The molecular formula is C18H28O. The summed E-state index contributed by atoms with van der Waals surface area (Å²) in [6.07, 6.45) is 13.6. The first kappa shape index (κ1) is 12.4. The second kappa shape index (κ2) is 4.33. The Balaban J connectivity index is 1.58. The van der Waals surface area contributed by atoms with Gasteiger partial charge in [-0.05, 0) is 61.7 Å². The number of hydrogen-bond acceptors (Lipinski definition) is 1. The van der Waals surface area contributed by atoms with Gasteiger partial charge in [0.15, 0.2) is 0 Å². The molecule has 0 saturated heterocycles. The minimum absolute atomic E-state index is 0.0860. The van der Waals surface area contributed by atoms with E-state index in [9.17, 15) is 4.79 Å². The van der Waals surface area contributed by atoms with E-state index in [1.54, 1.807) is 0 Å². The van der Waals surface area contributed by atoms with Crippen LogP contribution in [0.3, 0.4) is 0 Å². The Morgan fingerprint density at radius 1 is 0.947 bits per heavy atom. The van der Waals surface area contributed by atoms with Gasteiger partial charge in [-0.3, -0.25) is 4.79 Å². The van der Waals surface area contributed by atoms with E-state index in [-0.39, 0.29) is 5.41 Å². The van der Waals surface area contributed by atoms with Crippen LogP contribution in [0, 0.1) is 35.0 Å². The largest absolute Gasteiger partial charge is 0.299 e. The highest BCUT2D eigenvalue weighted by molar-refractivity contribution is 5.87. The van der Waals surface area contributed by atoms with Gasteiger partial charge in [-0.15, -0.1) is 0 Å². The first-order chi connectivity index (χ1) is 9.18. The molecule has 0 aromatic carbocycles. The summed E-state index contributed by atoms with van der Waals surface area (Å²) in [6.45, 7) is 2.30. The smallest absolute Gasteiger partial charge is 0.139 e. The summed E-state index contributed by atoms with van der Waals surface area (Å²) < 4.78 is 0. The van der Waals surface area contributed by atoms with Gasteiger partial charge in [-0.1, -0.05) is 32.6 Å². The minimum atomic E-state index is 0.0860. The van der Waals surface area contributed by atoms with Crippen LogP contribution in [0.15, 0.2) is 0 Å². The molecule has 3 unspecified atom stereocenters. The van der Waals surface area contributed by atoms with Crippen molar-refractivity contribution < 1.29 is 4.79 Å². The highest BCUT2D eigenvalue weighted by Gasteiger charge is 2.55. The van der Waals surface area contributed by atoms with Crippen molar-refractivity contribution in [3.63, 3.8) is 0 Å². The Labute approximate surface area is 117 Å². The maximum absolute atomic E-state index is 12.3. The van der Waals surface area contributed by atoms with E-state index in [0.29, 0.717) is 5.78 Å². The standard InChI is InChI=1S/C18H28O/c1-18-9-8-14-10-12-4-2-3-5-13(12)11-15(14)16(18)6-7-17(18)19/h12-16H,2-11H2,1H3/t12?,13-,14?,15+,16?,18-/m0/s1. The van der Waals surface area contributed by atoms with Gasteiger partial charge in [0.25, 0.3) is 0 Å². The van der Waals surface area contributed by atoms with Crippen molar-refractivity contribution in [1.82, 2.24) is 0 Å². The van der Waals surface area contributed by atoms with Crippen LogP contribution in [0.4, 0.5) is 0 Å². The Bertz CT molecular complexity index is 387. The number of carbonyl (C=O) groups is 1. The second-order valence-electron chi connectivity index (χ2n) is 8.22. The van der Waals surface area contributed by atoms with Gasteiger partial charge in [0.2, 0.25) is 0 Å². The first-order valence-electron chi connectivity index (χ1n) is 8.72. The van der Waals surface area contributed by atoms with Crippen LogP contribution < -0.4 is 0 Å². The van der Waals surface area contributed by atoms with Crippen molar-refractivity contribution >= 4 is 5.78 Å². The van der Waals surface area contributed by atoms with Crippen molar-refractivity contribution in [3.8, 4) is 0 Å². The second-order valence-corrected chi connectivity index (χ2v) is 8.22. The Morgan fingerprint density at radius 3 is 2.47 bits per heavy atom. The molecule has 19 heavy (non-hydrogen) atoms. The highest BCUT2D eigenvalue weighted by atomic mass is 16.1. The van der Waals surface area contributed by atoms with Gasteiger partial charge < -0.3 is 0 Å². The summed E-state index contributed by atoms with van der Waals surface area (Å²) in [6, 6.07) is 0. The molecule has 1 heteroatoms. The number of rotatable bonds is 0. The lowest BCUT2D eigenvalue weighted by Gasteiger charge is -2.52. The van der Waals surface area contributed by atoms with Gasteiger partial charge in [-0.2, -0.15) is 0 Å². The minimum Gasteiger partial charge on any atom is -0.299 e. The molecule has 0 radical (unpaired) electrons. The number of carbonyl (C=O) groups excluding carboxylic acids is 1. The summed E-state index contributed by atoms with van der Waals surface area (Å²) in [5.74, 6) is 5.31. The summed E-state index contributed by atoms with van der Waals surface area (Å²) in [5.41, 5.74) is 0.0860. The zero-order valence-electron chi connectivity index (χ0n) is 12.4. The van der Waals surface area contributed by atoms with Crippen molar-refractivity contribution in [2.45, 2.75) is 71.1 Å². The Hall–Kier alpha value is -0.330. The molecule has 0 N–H and O–H groups in total. The molecule has 0 aromatic rings. The molecule has 0 amide bonds. The maximum Gasteiger partial charge on any atom is 0.139 e. The van der Waals surface area contributed by atoms with E-state index in [0.717, 1.165) is 36.0 Å². The van der Waals surface area contributed by atoms with E-state index >= 15 is 0 Å². The quantitative estimate of drug-likeness (QED) is 0.622. The molecule has 4 aliphatic rings. The van der Waals surface area contributed by atoms with Crippen molar-refractivity contribution in [1.29, 1.82) is 0 Å². The predicted octanol–water partition coefficient (Wildman–Crippen LogP) is 4.60. The topological polar surface area (TPSA) is 17.1 Å².